The number of rotatable bonds is 2. The molecule has 15 heavy (non-hydrogen) atoms. The van der Waals surface area contributed by atoms with Gasteiger partial charge >= 0.3 is 0 Å². The molecule has 0 spiro atoms. The smallest absolute Gasteiger partial charge is 0.0974 e. The summed E-state index contributed by atoms with van der Waals surface area (Å²) in [7, 11) is 0. The van der Waals surface area contributed by atoms with Crippen LogP contribution in [0.15, 0.2) is 59.0 Å². The first-order chi connectivity index (χ1) is 7.18. The highest BCUT2D eigenvalue weighted by Crippen LogP contribution is 2.44. The predicted octanol–water partition coefficient (Wildman–Crippen LogP) is 4.78. The fourth-order valence-corrected chi connectivity index (χ4v) is 3.83. The average Bonchev–Trinajstić information content (AvgIpc) is 2.18. The van der Waals surface area contributed by atoms with Gasteiger partial charge in [-0.2, -0.15) is 0 Å². The van der Waals surface area contributed by atoms with E-state index in [2.05, 4.69) is 65.3 Å². The summed E-state index contributed by atoms with van der Waals surface area (Å²) in [6.07, 6.45) is 7.71. The van der Waals surface area contributed by atoms with Crippen molar-refractivity contribution in [1.29, 1.82) is 0 Å². The Morgan fingerprint density at radius 2 is 2.00 bits per heavy atom. The van der Waals surface area contributed by atoms with E-state index in [1.165, 1.54) is 10.5 Å². The van der Waals surface area contributed by atoms with E-state index in [4.69, 9.17) is 0 Å². The van der Waals surface area contributed by atoms with Crippen LogP contribution in [0.4, 0.5) is 0 Å². The van der Waals surface area contributed by atoms with Gasteiger partial charge in [0.25, 0.3) is 0 Å². The van der Waals surface area contributed by atoms with Crippen LogP contribution in [0, 0.1) is 0 Å². The van der Waals surface area contributed by atoms with Crippen molar-refractivity contribution in [1.82, 2.24) is 0 Å². The molecule has 1 aromatic carbocycles. The lowest BCUT2D eigenvalue weighted by Crippen LogP contribution is -2.13. The summed E-state index contributed by atoms with van der Waals surface area (Å²) in [6.45, 7) is 2.14. The minimum atomic E-state index is 0.0349. The molecular formula is C13H13BrS. The van der Waals surface area contributed by atoms with E-state index in [0.717, 1.165) is 6.42 Å². The minimum absolute atomic E-state index is 0.0349. The van der Waals surface area contributed by atoms with Crippen LogP contribution in [0.5, 0.6) is 0 Å². The van der Waals surface area contributed by atoms with E-state index in [-0.39, 0.29) is 3.66 Å². The maximum atomic E-state index is 3.81. The highest BCUT2D eigenvalue weighted by atomic mass is 79.9. The first kappa shape index (κ1) is 11.0. The van der Waals surface area contributed by atoms with Crippen molar-refractivity contribution >= 4 is 27.7 Å². The van der Waals surface area contributed by atoms with Crippen LogP contribution < -0.4 is 0 Å². The molecular weight excluding hydrogens is 268 g/mol. The topological polar surface area (TPSA) is 0 Å². The van der Waals surface area contributed by atoms with E-state index >= 15 is 0 Å². The van der Waals surface area contributed by atoms with Crippen molar-refractivity contribution in [2.24, 2.45) is 0 Å². The molecule has 1 atom stereocenters. The normalized spacial score (nSPS) is 25.1. The van der Waals surface area contributed by atoms with E-state index in [1.54, 1.807) is 0 Å². The van der Waals surface area contributed by atoms with E-state index in [1.807, 2.05) is 17.8 Å². The van der Waals surface area contributed by atoms with Crippen molar-refractivity contribution in [2.75, 3.05) is 0 Å². The molecule has 2 heteroatoms. The Morgan fingerprint density at radius 1 is 1.27 bits per heavy atom. The molecule has 2 rings (SSSR count). The van der Waals surface area contributed by atoms with Crippen molar-refractivity contribution in [3.63, 3.8) is 0 Å². The lowest BCUT2D eigenvalue weighted by atomic mass is 10.1. The fraction of sp³-hybridized carbons (Fsp3) is 0.231. The molecule has 0 nitrogen and oxygen atoms in total. The summed E-state index contributed by atoms with van der Waals surface area (Å²) < 4.78 is 0.0349. The third-order valence-electron chi connectivity index (χ3n) is 2.25. The second kappa shape index (κ2) is 4.58. The Hall–Kier alpha value is -0.470. The van der Waals surface area contributed by atoms with Gasteiger partial charge in [-0.05, 0) is 25.5 Å². The maximum absolute atomic E-state index is 3.81. The summed E-state index contributed by atoms with van der Waals surface area (Å²) >= 11 is 5.67. The van der Waals surface area contributed by atoms with Crippen molar-refractivity contribution < 1.29 is 0 Å². The molecule has 0 fully saturated rings. The minimum Gasteiger partial charge on any atom is -0.103 e. The van der Waals surface area contributed by atoms with Gasteiger partial charge in [-0.1, -0.05) is 57.9 Å². The SMILES string of the molecule is CC1=CC(Br)(Sc2ccccc2)CC=C1. The van der Waals surface area contributed by atoms with Gasteiger partial charge in [0.1, 0.15) is 0 Å². The lowest BCUT2D eigenvalue weighted by molar-refractivity contribution is 0.988. The van der Waals surface area contributed by atoms with Gasteiger partial charge in [0, 0.05) is 4.90 Å². The molecule has 0 aromatic heterocycles. The van der Waals surface area contributed by atoms with Crippen LogP contribution in [0.3, 0.4) is 0 Å². The van der Waals surface area contributed by atoms with Gasteiger partial charge in [-0.25, -0.2) is 0 Å². The Morgan fingerprint density at radius 3 is 2.67 bits per heavy atom. The number of thioether (sulfide) groups is 1. The number of hydrogen-bond acceptors (Lipinski definition) is 1. The van der Waals surface area contributed by atoms with Gasteiger partial charge < -0.3 is 0 Å². The quantitative estimate of drug-likeness (QED) is 0.703. The summed E-state index contributed by atoms with van der Waals surface area (Å²) in [5, 5.41) is 0. The first-order valence-corrected chi connectivity index (χ1v) is 6.58. The monoisotopic (exact) mass is 280 g/mol. The van der Waals surface area contributed by atoms with Crippen LogP contribution in [-0.4, -0.2) is 3.66 Å². The number of allylic oxidation sites excluding steroid dienone is 3. The van der Waals surface area contributed by atoms with Crippen molar-refractivity contribution in [3.8, 4) is 0 Å². The maximum Gasteiger partial charge on any atom is 0.0974 e. The zero-order valence-electron chi connectivity index (χ0n) is 8.61. The number of alkyl halides is 1. The molecule has 0 amide bonds. The summed E-state index contributed by atoms with van der Waals surface area (Å²) in [5.74, 6) is 0. The molecule has 0 saturated heterocycles. The molecule has 1 aliphatic carbocycles. The van der Waals surface area contributed by atoms with Crippen LogP contribution in [0.25, 0.3) is 0 Å². The second-order valence-electron chi connectivity index (χ2n) is 3.70. The fourth-order valence-electron chi connectivity index (χ4n) is 1.61. The highest BCUT2D eigenvalue weighted by molar-refractivity contribution is 9.12. The standard InChI is InChI=1S/C13H13BrS/c1-11-6-5-9-13(14,10-11)15-12-7-3-2-4-8-12/h2-8,10H,9H2,1H3. The largest absolute Gasteiger partial charge is 0.103 e. The molecule has 78 valence electrons. The first-order valence-electron chi connectivity index (χ1n) is 4.97. The van der Waals surface area contributed by atoms with Gasteiger partial charge in [-0.15, -0.1) is 11.8 Å². The number of halogens is 1. The lowest BCUT2D eigenvalue weighted by Gasteiger charge is -2.25. The highest BCUT2D eigenvalue weighted by Gasteiger charge is 2.25. The zero-order chi connectivity index (χ0) is 10.7. The van der Waals surface area contributed by atoms with Gasteiger partial charge in [-0.3, -0.25) is 0 Å². The molecule has 0 bridgehead atoms. The Labute approximate surface area is 104 Å². The molecule has 1 aromatic rings. The van der Waals surface area contributed by atoms with E-state index in [9.17, 15) is 0 Å². The van der Waals surface area contributed by atoms with Crippen LogP contribution in [-0.2, 0) is 0 Å². The van der Waals surface area contributed by atoms with Crippen LogP contribution >= 0.6 is 27.7 Å². The molecule has 0 saturated carbocycles. The van der Waals surface area contributed by atoms with Crippen molar-refractivity contribution in [3.05, 3.63) is 54.1 Å². The summed E-state index contributed by atoms with van der Waals surface area (Å²) in [6, 6.07) is 10.5. The molecule has 0 heterocycles. The Kier molecular flexibility index (Phi) is 3.37. The van der Waals surface area contributed by atoms with Gasteiger partial charge in [0.2, 0.25) is 0 Å². The molecule has 0 aliphatic heterocycles. The van der Waals surface area contributed by atoms with E-state index in [0.29, 0.717) is 0 Å². The van der Waals surface area contributed by atoms with Gasteiger partial charge in [0.15, 0.2) is 0 Å². The second-order valence-corrected chi connectivity index (χ2v) is 7.04. The molecule has 0 radical (unpaired) electrons. The van der Waals surface area contributed by atoms with Gasteiger partial charge in [0.05, 0.1) is 3.66 Å². The summed E-state index contributed by atoms with van der Waals surface area (Å²) in [4.78, 5) is 1.30. The number of benzene rings is 1. The Bertz CT molecular complexity index is 394. The van der Waals surface area contributed by atoms with Crippen LogP contribution in [0.2, 0.25) is 0 Å². The summed E-state index contributed by atoms with van der Waals surface area (Å²) in [5.41, 5.74) is 1.32. The third kappa shape index (κ3) is 2.99. The average molecular weight is 281 g/mol. The zero-order valence-corrected chi connectivity index (χ0v) is 11.0. The third-order valence-corrected chi connectivity index (χ3v) is 4.42. The van der Waals surface area contributed by atoms with E-state index < -0.39 is 0 Å². The van der Waals surface area contributed by atoms with Crippen molar-refractivity contribution in [2.45, 2.75) is 21.9 Å². The molecule has 0 N–H and O–H groups in total. The number of hydrogen-bond donors (Lipinski definition) is 0. The Balaban J connectivity index is 2.16. The van der Waals surface area contributed by atoms with Crippen LogP contribution in [0.1, 0.15) is 13.3 Å². The predicted molar refractivity (Wildman–Crippen MR) is 71.5 cm³/mol. The molecule has 1 unspecified atom stereocenters. The molecule has 1 aliphatic rings.